The fourth-order valence-electron chi connectivity index (χ4n) is 1.33. The molecule has 0 unspecified atom stereocenters. The summed E-state index contributed by atoms with van der Waals surface area (Å²) in [4.78, 5) is 11.5. The van der Waals surface area contributed by atoms with Crippen LogP contribution in [0.3, 0.4) is 0 Å². The number of tetrazole rings is 1. The minimum Gasteiger partial charge on any atom is -0.345 e. The second-order valence-electron chi connectivity index (χ2n) is 3.33. The molecule has 0 fully saturated rings. The monoisotopic (exact) mass is 221 g/mol. The van der Waals surface area contributed by atoms with Gasteiger partial charge in [-0.2, -0.15) is 10.3 Å². The molecule has 0 aliphatic rings. The minimum atomic E-state index is -0.364. The fourth-order valence-corrected chi connectivity index (χ4v) is 1.33. The first-order valence-electron chi connectivity index (χ1n) is 4.67. The zero-order valence-corrected chi connectivity index (χ0v) is 8.93. The van der Waals surface area contributed by atoms with E-state index in [1.165, 1.54) is 0 Å². The van der Waals surface area contributed by atoms with Crippen molar-refractivity contribution in [3.63, 3.8) is 0 Å². The Bertz CT molecular complexity index is 486. The lowest BCUT2D eigenvalue weighted by atomic mass is 10.2. The second kappa shape index (κ2) is 4.09. The summed E-state index contributed by atoms with van der Waals surface area (Å²) in [7, 11) is 1.83. The molecule has 8 heteroatoms. The minimum absolute atomic E-state index is 0.0292. The first kappa shape index (κ1) is 10.3. The van der Waals surface area contributed by atoms with Crippen LogP contribution in [0.15, 0.2) is 6.20 Å². The molecule has 0 aromatic carbocycles. The van der Waals surface area contributed by atoms with Crippen LogP contribution in [0.5, 0.6) is 0 Å². The molecular weight excluding hydrogens is 210 g/mol. The smallest absolute Gasteiger partial charge is 0.293 e. The normalized spacial score (nSPS) is 10.4. The lowest BCUT2D eigenvalue weighted by molar-refractivity contribution is 0.0940. The molecule has 0 bridgehead atoms. The summed E-state index contributed by atoms with van der Waals surface area (Å²) >= 11 is 0. The molecule has 0 spiro atoms. The fraction of sp³-hybridized carbons (Fsp3) is 0.375. The molecule has 0 saturated carbocycles. The van der Waals surface area contributed by atoms with Crippen LogP contribution in [0, 0.1) is 6.92 Å². The van der Waals surface area contributed by atoms with Crippen LogP contribution in [0.25, 0.3) is 0 Å². The average molecular weight is 221 g/mol. The quantitative estimate of drug-likeness (QED) is 0.704. The number of aromatic amines is 1. The van der Waals surface area contributed by atoms with E-state index in [2.05, 4.69) is 31.0 Å². The highest BCUT2D eigenvalue weighted by atomic mass is 16.2. The summed E-state index contributed by atoms with van der Waals surface area (Å²) in [5.74, 6) is -0.335. The lowest BCUT2D eigenvalue weighted by Gasteiger charge is -1.99. The molecule has 0 aliphatic carbocycles. The molecule has 16 heavy (non-hydrogen) atoms. The van der Waals surface area contributed by atoms with Crippen LogP contribution < -0.4 is 5.32 Å². The van der Waals surface area contributed by atoms with Gasteiger partial charge >= 0.3 is 0 Å². The van der Waals surface area contributed by atoms with Crippen molar-refractivity contribution in [2.75, 3.05) is 0 Å². The number of hydrogen-bond donors (Lipinski definition) is 2. The molecule has 1 amide bonds. The van der Waals surface area contributed by atoms with Crippen molar-refractivity contribution in [2.24, 2.45) is 7.05 Å². The SMILES string of the molecule is Cc1nn(C)cc1CNC(=O)c1nn[nH]n1. The van der Waals surface area contributed by atoms with Crippen LogP contribution in [0.2, 0.25) is 0 Å². The standard InChI is InChI=1S/C8H11N7O/c1-5-6(4-15(2)12-5)3-9-8(16)7-10-13-14-11-7/h4H,3H2,1-2H3,(H,9,16)(H,10,11,13,14). The van der Waals surface area contributed by atoms with E-state index in [-0.39, 0.29) is 11.7 Å². The number of aryl methyl sites for hydroxylation is 2. The molecule has 0 aliphatic heterocycles. The Labute approximate surface area is 91.0 Å². The maximum atomic E-state index is 11.5. The number of H-pyrrole nitrogens is 1. The van der Waals surface area contributed by atoms with Crippen LogP contribution in [-0.4, -0.2) is 36.3 Å². The summed E-state index contributed by atoms with van der Waals surface area (Å²) in [6, 6.07) is 0. The van der Waals surface area contributed by atoms with Crippen LogP contribution in [0.1, 0.15) is 21.9 Å². The van der Waals surface area contributed by atoms with Crippen molar-refractivity contribution in [3.05, 3.63) is 23.3 Å². The van der Waals surface area contributed by atoms with Gasteiger partial charge in [0, 0.05) is 25.4 Å². The molecule has 0 saturated heterocycles. The van der Waals surface area contributed by atoms with Gasteiger partial charge in [-0.05, 0) is 12.1 Å². The van der Waals surface area contributed by atoms with Crippen molar-refractivity contribution in [3.8, 4) is 0 Å². The number of nitrogens with one attached hydrogen (secondary N) is 2. The topological polar surface area (TPSA) is 101 Å². The van der Waals surface area contributed by atoms with E-state index in [4.69, 9.17) is 0 Å². The summed E-state index contributed by atoms with van der Waals surface area (Å²) in [6.45, 7) is 2.28. The third-order valence-corrected chi connectivity index (χ3v) is 2.10. The van der Waals surface area contributed by atoms with Crippen molar-refractivity contribution in [1.82, 2.24) is 35.7 Å². The predicted octanol–water partition coefficient (Wildman–Crippen LogP) is -0.828. The van der Waals surface area contributed by atoms with E-state index in [0.29, 0.717) is 6.54 Å². The van der Waals surface area contributed by atoms with Crippen molar-refractivity contribution < 1.29 is 4.79 Å². The summed E-state index contributed by atoms with van der Waals surface area (Å²) in [5, 5.41) is 19.5. The first-order valence-corrected chi connectivity index (χ1v) is 4.67. The van der Waals surface area contributed by atoms with Gasteiger partial charge in [-0.15, -0.1) is 10.2 Å². The van der Waals surface area contributed by atoms with Gasteiger partial charge in [0.25, 0.3) is 11.7 Å². The summed E-state index contributed by atoms with van der Waals surface area (Å²) in [6.07, 6.45) is 1.85. The summed E-state index contributed by atoms with van der Waals surface area (Å²) in [5.41, 5.74) is 1.84. The van der Waals surface area contributed by atoms with Gasteiger partial charge in [-0.1, -0.05) is 0 Å². The van der Waals surface area contributed by atoms with E-state index < -0.39 is 0 Å². The van der Waals surface area contributed by atoms with Gasteiger partial charge in [0.15, 0.2) is 0 Å². The Balaban J connectivity index is 1.98. The van der Waals surface area contributed by atoms with E-state index in [1.807, 2.05) is 20.2 Å². The Morgan fingerprint density at radius 2 is 2.44 bits per heavy atom. The number of nitrogens with zero attached hydrogens (tertiary/aromatic N) is 5. The third kappa shape index (κ3) is 2.05. The van der Waals surface area contributed by atoms with Gasteiger partial charge in [0.2, 0.25) is 0 Å². The maximum absolute atomic E-state index is 11.5. The lowest BCUT2D eigenvalue weighted by Crippen LogP contribution is -2.24. The molecule has 2 aromatic heterocycles. The van der Waals surface area contributed by atoms with Gasteiger partial charge in [-0.25, -0.2) is 0 Å². The van der Waals surface area contributed by atoms with Gasteiger partial charge in [0.1, 0.15) is 0 Å². The van der Waals surface area contributed by atoms with Crippen molar-refractivity contribution >= 4 is 5.91 Å². The van der Waals surface area contributed by atoms with Gasteiger partial charge in [-0.3, -0.25) is 9.48 Å². The van der Waals surface area contributed by atoms with Gasteiger partial charge in [0.05, 0.1) is 5.69 Å². The highest BCUT2D eigenvalue weighted by molar-refractivity contribution is 5.89. The molecule has 2 N–H and O–H groups in total. The average Bonchev–Trinajstić information content (AvgIpc) is 2.84. The maximum Gasteiger partial charge on any atom is 0.293 e. The molecule has 2 rings (SSSR count). The number of aromatic nitrogens is 6. The zero-order valence-electron chi connectivity index (χ0n) is 8.93. The number of carbonyl (C=O) groups excluding carboxylic acids is 1. The molecular formula is C8H11N7O. The largest absolute Gasteiger partial charge is 0.345 e. The van der Waals surface area contributed by atoms with Crippen molar-refractivity contribution in [1.29, 1.82) is 0 Å². The van der Waals surface area contributed by atoms with Crippen LogP contribution in [0.4, 0.5) is 0 Å². The molecule has 8 nitrogen and oxygen atoms in total. The molecule has 2 aromatic rings. The second-order valence-corrected chi connectivity index (χ2v) is 3.33. The number of carbonyl (C=O) groups is 1. The summed E-state index contributed by atoms with van der Waals surface area (Å²) < 4.78 is 1.70. The van der Waals surface area contributed by atoms with Crippen LogP contribution in [-0.2, 0) is 13.6 Å². The predicted molar refractivity (Wildman–Crippen MR) is 53.3 cm³/mol. The Kier molecular flexibility index (Phi) is 2.63. The van der Waals surface area contributed by atoms with E-state index in [0.717, 1.165) is 11.3 Å². The van der Waals surface area contributed by atoms with E-state index in [1.54, 1.807) is 4.68 Å². The highest BCUT2D eigenvalue weighted by Gasteiger charge is 2.11. The molecule has 0 atom stereocenters. The first-order chi connectivity index (χ1) is 7.66. The number of rotatable bonds is 3. The highest BCUT2D eigenvalue weighted by Crippen LogP contribution is 2.03. The van der Waals surface area contributed by atoms with Crippen molar-refractivity contribution in [2.45, 2.75) is 13.5 Å². The molecule has 2 heterocycles. The van der Waals surface area contributed by atoms with Gasteiger partial charge < -0.3 is 5.32 Å². The molecule has 0 radical (unpaired) electrons. The zero-order chi connectivity index (χ0) is 11.5. The van der Waals surface area contributed by atoms with E-state index >= 15 is 0 Å². The third-order valence-electron chi connectivity index (χ3n) is 2.10. The Hall–Kier alpha value is -2.25. The van der Waals surface area contributed by atoms with Crippen LogP contribution >= 0.6 is 0 Å². The molecule has 84 valence electrons. The van der Waals surface area contributed by atoms with E-state index in [9.17, 15) is 4.79 Å². The Morgan fingerprint density at radius 1 is 1.62 bits per heavy atom. The number of hydrogen-bond acceptors (Lipinski definition) is 5. The Morgan fingerprint density at radius 3 is 3.00 bits per heavy atom. The number of amides is 1.